The van der Waals surface area contributed by atoms with Crippen molar-refractivity contribution in [3.8, 4) is 40.2 Å². The summed E-state index contributed by atoms with van der Waals surface area (Å²) in [5.41, 5.74) is 0. The molecule has 0 aliphatic rings. The number of hydrogen-bond donors (Lipinski definition) is 3. The van der Waals surface area contributed by atoms with Crippen molar-refractivity contribution in [2.24, 2.45) is 0 Å². The van der Waals surface area contributed by atoms with Gasteiger partial charge in [-0.15, -0.1) is 0 Å². The van der Waals surface area contributed by atoms with Crippen LogP contribution in [0.5, 0.6) is 40.2 Å². The molecule has 30 heavy (non-hydrogen) atoms. The van der Waals surface area contributed by atoms with Gasteiger partial charge in [0.2, 0.25) is 0 Å². The molecule has 3 rings (SSSR count). The van der Waals surface area contributed by atoms with Crippen molar-refractivity contribution in [3.05, 3.63) is 56.5 Å². The molecular weight excluding hydrogens is 828 g/mol. The SMILES string of the molecule is Oc1ccc(Oc2ccc(Oc3c(Br)c(O)c(Br)c(O)c3Br)c(F)c2I)c(I)c1F. The molecule has 0 aliphatic heterocycles. The van der Waals surface area contributed by atoms with Gasteiger partial charge in [-0.25, -0.2) is 8.78 Å². The van der Waals surface area contributed by atoms with Gasteiger partial charge < -0.3 is 24.8 Å². The van der Waals surface area contributed by atoms with Crippen molar-refractivity contribution in [2.45, 2.75) is 0 Å². The minimum atomic E-state index is -0.840. The summed E-state index contributed by atoms with van der Waals surface area (Å²) in [4.78, 5) is 0. The highest BCUT2D eigenvalue weighted by molar-refractivity contribution is 14.1. The number of benzene rings is 3. The second-order valence-electron chi connectivity index (χ2n) is 5.57. The number of hydrogen-bond acceptors (Lipinski definition) is 5. The third-order valence-corrected chi connectivity index (χ3v) is 7.93. The van der Waals surface area contributed by atoms with Gasteiger partial charge in [0.15, 0.2) is 40.4 Å². The van der Waals surface area contributed by atoms with Crippen molar-refractivity contribution in [1.29, 1.82) is 0 Å². The van der Waals surface area contributed by atoms with Gasteiger partial charge >= 0.3 is 0 Å². The van der Waals surface area contributed by atoms with E-state index in [0.717, 1.165) is 6.07 Å². The summed E-state index contributed by atoms with van der Waals surface area (Å²) in [5, 5.41) is 29.5. The lowest BCUT2D eigenvalue weighted by Crippen LogP contribution is -1.98. The Balaban J connectivity index is 1.98. The van der Waals surface area contributed by atoms with Crippen LogP contribution >= 0.6 is 93.0 Å². The molecule has 0 heterocycles. The average Bonchev–Trinajstić information content (AvgIpc) is 2.73. The number of phenolic OH excluding ortho intramolecular Hbond substituents is 3. The van der Waals surface area contributed by atoms with Crippen molar-refractivity contribution in [2.75, 3.05) is 0 Å². The number of rotatable bonds is 4. The lowest BCUT2D eigenvalue weighted by molar-refractivity contribution is 0.401. The molecule has 0 amide bonds. The van der Waals surface area contributed by atoms with Crippen LogP contribution in [0.15, 0.2) is 37.7 Å². The second-order valence-corrected chi connectivity index (χ2v) is 10.1. The summed E-state index contributed by atoms with van der Waals surface area (Å²) >= 11 is 12.7. The highest BCUT2D eigenvalue weighted by atomic mass is 127. The predicted octanol–water partition coefficient (Wildman–Crippen LogP) is 8.16. The Morgan fingerprint density at radius 1 is 0.667 bits per heavy atom. The zero-order valence-electron chi connectivity index (χ0n) is 14.1. The molecule has 0 saturated heterocycles. The Hall–Kier alpha value is -0.580. The fraction of sp³-hybridized carbons (Fsp3) is 0. The van der Waals surface area contributed by atoms with Crippen LogP contribution in [-0.2, 0) is 0 Å². The Bertz CT molecular complexity index is 1150. The van der Waals surface area contributed by atoms with Crippen LogP contribution in [-0.4, -0.2) is 15.3 Å². The largest absolute Gasteiger partial charge is 0.505 e. The molecule has 0 bridgehead atoms. The number of aromatic hydroxyl groups is 3. The maximum Gasteiger partial charge on any atom is 0.182 e. The molecule has 3 aromatic carbocycles. The summed E-state index contributed by atoms with van der Waals surface area (Å²) in [6.45, 7) is 0. The van der Waals surface area contributed by atoms with E-state index < -0.39 is 17.4 Å². The Labute approximate surface area is 221 Å². The molecule has 5 nitrogen and oxygen atoms in total. The predicted molar refractivity (Wildman–Crippen MR) is 133 cm³/mol. The monoisotopic (exact) mass is 832 g/mol. The molecule has 0 aliphatic carbocycles. The van der Waals surface area contributed by atoms with Crippen molar-refractivity contribution < 1.29 is 33.6 Å². The molecule has 0 fully saturated rings. The van der Waals surface area contributed by atoms with Crippen LogP contribution < -0.4 is 9.47 Å². The van der Waals surface area contributed by atoms with E-state index in [2.05, 4.69) is 47.8 Å². The highest BCUT2D eigenvalue weighted by Gasteiger charge is 2.24. The Kier molecular flexibility index (Phi) is 7.62. The minimum absolute atomic E-state index is 0.0307. The van der Waals surface area contributed by atoms with E-state index in [1.807, 2.05) is 0 Å². The van der Waals surface area contributed by atoms with Crippen LogP contribution in [0.1, 0.15) is 0 Å². The Morgan fingerprint density at radius 3 is 1.70 bits per heavy atom. The minimum Gasteiger partial charge on any atom is -0.505 e. The lowest BCUT2D eigenvalue weighted by Gasteiger charge is -2.16. The third-order valence-electron chi connectivity index (χ3n) is 3.70. The fourth-order valence-electron chi connectivity index (χ4n) is 2.21. The summed E-state index contributed by atoms with van der Waals surface area (Å²) in [6.07, 6.45) is 0. The first-order chi connectivity index (χ1) is 14.0. The quantitative estimate of drug-likeness (QED) is 0.232. The number of ether oxygens (including phenoxy) is 2. The molecule has 0 atom stereocenters. The van der Waals surface area contributed by atoms with Crippen LogP contribution in [0.25, 0.3) is 0 Å². The van der Waals surface area contributed by atoms with Crippen LogP contribution in [0.4, 0.5) is 8.78 Å². The highest BCUT2D eigenvalue weighted by Crippen LogP contribution is 2.52. The molecule has 158 valence electrons. The van der Waals surface area contributed by atoms with Crippen LogP contribution in [0, 0.1) is 18.8 Å². The van der Waals surface area contributed by atoms with E-state index in [-0.39, 0.29) is 55.1 Å². The molecule has 0 spiro atoms. The van der Waals surface area contributed by atoms with Gasteiger partial charge in [0.1, 0.15) is 24.9 Å². The van der Waals surface area contributed by atoms with Crippen molar-refractivity contribution in [3.63, 3.8) is 0 Å². The standard InChI is InChI=1S/C18H7Br3F2I2O5/c19-9-16(27)10(20)18(11(21)17(9)28)30-6-3-4-8(15(25)13(6)23)29-7-2-1-5(26)12(22)14(7)24/h1-4,26-28H. The molecule has 0 saturated carbocycles. The van der Waals surface area contributed by atoms with Gasteiger partial charge in [-0.1, -0.05) is 0 Å². The van der Waals surface area contributed by atoms with E-state index >= 15 is 0 Å². The summed E-state index contributed by atoms with van der Waals surface area (Å²) in [7, 11) is 0. The molecular formula is C18H7Br3F2I2O5. The first kappa shape index (κ1) is 24.1. The van der Waals surface area contributed by atoms with Crippen LogP contribution in [0.3, 0.4) is 0 Å². The molecule has 3 aromatic rings. The molecule has 12 heteroatoms. The maximum absolute atomic E-state index is 14.9. The van der Waals surface area contributed by atoms with Gasteiger partial charge in [-0.3, -0.25) is 0 Å². The molecule has 0 unspecified atom stereocenters. The van der Waals surface area contributed by atoms with E-state index in [1.54, 1.807) is 45.2 Å². The smallest absolute Gasteiger partial charge is 0.182 e. The first-order valence-electron chi connectivity index (χ1n) is 7.63. The summed E-state index contributed by atoms with van der Waals surface area (Å²) in [6, 6.07) is 5.20. The average molecular weight is 835 g/mol. The molecule has 0 aromatic heterocycles. The summed E-state index contributed by atoms with van der Waals surface area (Å²) < 4.78 is 40.3. The second kappa shape index (κ2) is 9.50. The summed E-state index contributed by atoms with van der Waals surface area (Å²) in [5.74, 6) is -2.85. The van der Waals surface area contributed by atoms with E-state index in [9.17, 15) is 24.1 Å². The zero-order valence-corrected chi connectivity index (χ0v) is 23.2. The molecule has 3 N–H and O–H groups in total. The third kappa shape index (κ3) is 4.47. The van der Waals surface area contributed by atoms with Gasteiger partial charge in [0, 0.05) is 0 Å². The maximum atomic E-state index is 14.9. The van der Waals surface area contributed by atoms with Gasteiger partial charge in [0.05, 0.1) is 7.14 Å². The van der Waals surface area contributed by atoms with Crippen LogP contribution in [0.2, 0.25) is 0 Å². The van der Waals surface area contributed by atoms with Crippen molar-refractivity contribution >= 4 is 93.0 Å². The van der Waals surface area contributed by atoms with Crippen molar-refractivity contribution in [1.82, 2.24) is 0 Å². The lowest BCUT2D eigenvalue weighted by atomic mass is 10.2. The number of phenols is 3. The van der Waals surface area contributed by atoms with Gasteiger partial charge in [-0.2, -0.15) is 0 Å². The van der Waals surface area contributed by atoms with E-state index in [4.69, 9.17) is 9.47 Å². The van der Waals surface area contributed by atoms with Gasteiger partial charge in [-0.05, 0) is 117 Å². The van der Waals surface area contributed by atoms with E-state index in [1.165, 1.54) is 18.2 Å². The van der Waals surface area contributed by atoms with E-state index in [0.29, 0.717) is 0 Å². The fourth-order valence-corrected chi connectivity index (χ4v) is 5.48. The normalized spacial score (nSPS) is 10.9. The Morgan fingerprint density at radius 2 is 1.13 bits per heavy atom. The first-order valence-corrected chi connectivity index (χ1v) is 12.2. The number of halogens is 7. The zero-order chi connectivity index (χ0) is 22.3. The topological polar surface area (TPSA) is 79.2 Å². The molecule has 0 radical (unpaired) electrons. The van der Waals surface area contributed by atoms with Gasteiger partial charge in [0.25, 0.3) is 0 Å².